The van der Waals surface area contributed by atoms with Crippen LogP contribution in [0.1, 0.15) is 12.0 Å². The van der Waals surface area contributed by atoms with Gasteiger partial charge in [-0.3, -0.25) is 4.79 Å². The van der Waals surface area contributed by atoms with Crippen LogP contribution in [0.15, 0.2) is 24.3 Å². The molecule has 1 N–H and O–H groups in total. The Morgan fingerprint density at radius 1 is 1.31 bits per heavy atom. The van der Waals surface area contributed by atoms with E-state index in [4.69, 9.17) is 14.6 Å². The van der Waals surface area contributed by atoms with Crippen molar-refractivity contribution in [1.29, 1.82) is 0 Å². The summed E-state index contributed by atoms with van der Waals surface area (Å²) in [6.07, 6.45) is 3.33. The molecule has 0 heterocycles. The number of methoxy groups -OCH3 is 2. The van der Waals surface area contributed by atoms with Gasteiger partial charge in [0.1, 0.15) is 0 Å². The van der Waals surface area contributed by atoms with Gasteiger partial charge in [-0.2, -0.15) is 0 Å². The highest BCUT2D eigenvalue weighted by atomic mass is 16.5. The van der Waals surface area contributed by atoms with Gasteiger partial charge in [0.15, 0.2) is 11.5 Å². The zero-order valence-corrected chi connectivity index (χ0v) is 9.27. The van der Waals surface area contributed by atoms with Crippen molar-refractivity contribution < 1.29 is 19.4 Å². The Balaban J connectivity index is 2.82. The molecule has 0 aromatic heterocycles. The van der Waals surface area contributed by atoms with E-state index < -0.39 is 5.97 Å². The number of hydrogen-bond acceptors (Lipinski definition) is 3. The van der Waals surface area contributed by atoms with E-state index in [2.05, 4.69) is 0 Å². The van der Waals surface area contributed by atoms with Crippen LogP contribution >= 0.6 is 0 Å². The molecule has 0 amide bonds. The molecule has 16 heavy (non-hydrogen) atoms. The Morgan fingerprint density at radius 2 is 2.00 bits per heavy atom. The van der Waals surface area contributed by atoms with Crippen LogP contribution < -0.4 is 9.47 Å². The number of rotatable bonds is 5. The van der Waals surface area contributed by atoms with Crippen molar-refractivity contribution in [2.45, 2.75) is 6.42 Å². The lowest BCUT2D eigenvalue weighted by Gasteiger charge is -2.07. The van der Waals surface area contributed by atoms with Crippen LogP contribution in [0.3, 0.4) is 0 Å². The lowest BCUT2D eigenvalue weighted by molar-refractivity contribution is -0.135. The number of benzene rings is 1. The van der Waals surface area contributed by atoms with Gasteiger partial charge in [-0.25, -0.2) is 0 Å². The second-order valence-corrected chi connectivity index (χ2v) is 3.11. The first kappa shape index (κ1) is 12.1. The van der Waals surface area contributed by atoms with Gasteiger partial charge < -0.3 is 14.6 Å². The van der Waals surface area contributed by atoms with Gasteiger partial charge in [0, 0.05) is 0 Å². The van der Waals surface area contributed by atoms with E-state index in [1.807, 2.05) is 6.07 Å². The Kier molecular flexibility index (Phi) is 4.39. The van der Waals surface area contributed by atoms with Crippen LogP contribution in [0.4, 0.5) is 0 Å². The number of aliphatic carboxylic acids is 1. The largest absolute Gasteiger partial charge is 0.493 e. The van der Waals surface area contributed by atoms with Crippen LogP contribution in [0, 0.1) is 0 Å². The molecule has 86 valence electrons. The first-order valence-electron chi connectivity index (χ1n) is 4.77. The topological polar surface area (TPSA) is 55.8 Å². The summed E-state index contributed by atoms with van der Waals surface area (Å²) in [6.45, 7) is 0. The van der Waals surface area contributed by atoms with Crippen LogP contribution in [-0.2, 0) is 4.79 Å². The van der Waals surface area contributed by atoms with E-state index in [0.717, 1.165) is 5.56 Å². The lowest BCUT2D eigenvalue weighted by atomic mass is 10.2. The molecule has 0 saturated heterocycles. The average molecular weight is 222 g/mol. The normalized spacial score (nSPS) is 10.4. The fourth-order valence-electron chi connectivity index (χ4n) is 1.25. The number of carboxylic acid groups (broad SMARTS) is 1. The highest BCUT2D eigenvalue weighted by Crippen LogP contribution is 2.27. The number of hydrogen-bond donors (Lipinski definition) is 1. The highest BCUT2D eigenvalue weighted by Gasteiger charge is 2.02. The van der Waals surface area contributed by atoms with Crippen molar-refractivity contribution in [1.82, 2.24) is 0 Å². The minimum absolute atomic E-state index is 0.00828. The number of ether oxygens (including phenoxy) is 2. The summed E-state index contributed by atoms with van der Waals surface area (Å²) >= 11 is 0. The quantitative estimate of drug-likeness (QED) is 0.829. The summed E-state index contributed by atoms with van der Waals surface area (Å²) in [6, 6.07) is 5.40. The molecule has 1 aromatic carbocycles. The van der Waals surface area contributed by atoms with E-state index in [1.54, 1.807) is 38.5 Å². The molecule has 1 aromatic rings. The molecule has 4 heteroatoms. The average Bonchev–Trinajstić information content (AvgIpc) is 2.28. The van der Waals surface area contributed by atoms with Crippen molar-refractivity contribution >= 4 is 12.0 Å². The van der Waals surface area contributed by atoms with E-state index in [9.17, 15) is 4.79 Å². The molecule has 4 nitrogen and oxygen atoms in total. The Morgan fingerprint density at radius 3 is 2.56 bits per heavy atom. The van der Waals surface area contributed by atoms with E-state index >= 15 is 0 Å². The molecule has 0 aliphatic heterocycles. The van der Waals surface area contributed by atoms with Gasteiger partial charge in [-0.1, -0.05) is 18.2 Å². The monoisotopic (exact) mass is 222 g/mol. The molecule has 0 unspecified atom stereocenters. The summed E-state index contributed by atoms with van der Waals surface area (Å²) in [4.78, 5) is 10.3. The molecular formula is C12H14O4. The third-order valence-corrected chi connectivity index (χ3v) is 2.01. The van der Waals surface area contributed by atoms with E-state index in [-0.39, 0.29) is 6.42 Å². The predicted molar refractivity (Wildman–Crippen MR) is 60.8 cm³/mol. The van der Waals surface area contributed by atoms with Crippen LogP contribution in [0.25, 0.3) is 6.08 Å². The maximum atomic E-state index is 10.3. The first-order chi connectivity index (χ1) is 7.67. The third kappa shape index (κ3) is 3.31. The summed E-state index contributed by atoms with van der Waals surface area (Å²) in [5, 5.41) is 8.48. The van der Waals surface area contributed by atoms with Crippen LogP contribution in [0.2, 0.25) is 0 Å². The van der Waals surface area contributed by atoms with Crippen molar-refractivity contribution in [3.05, 3.63) is 29.8 Å². The summed E-state index contributed by atoms with van der Waals surface area (Å²) in [5.74, 6) is 0.426. The van der Waals surface area contributed by atoms with Gasteiger partial charge in [0.2, 0.25) is 0 Å². The third-order valence-electron chi connectivity index (χ3n) is 2.01. The summed E-state index contributed by atoms with van der Waals surface area (Å²) < 4.78 is 10.2. The minimum atomic E-state index is -0.850. The summed E-state index contributed by atoms with van der Waals surface area (Å²) in [5.41, 5.74) is 0.874. The molecule has 0 spiro atoms. The molecule has 0 aliphatic carbocycles. The SMILES string of the molecule is COc1ccc(C=CCC(=O)O)cc1OC. The smallest absolute Gasteiger partial charge is 0.307 e. The van der Waals surface area contributed by atoms with Crippen molar-refractivity contribution in [2.24, 2.45) is 0 Å². The zero-order valence-electron chi connectivity index (χ0n) is 9.27. The van der Waals surface area contributed by atoms with Crippen LogP contribution in [0.5, 0.6) is 11.5 Å². The Hall–Kier alpha value is -1.97. The maximum absolute atomic E-state index is 10.3. The minimum Gasteiger partial charge on any atom is -0.493 e. The standard InChI is InChI=1S/C12H14O4/c1-15-10-7-6-9(8-11(10)16-2)4-3-5-12(13)14/h3-4,6-8H,5H2,1-2H3,(H,13,14). The maximum Gasteiger partial charge on any atom is 0.307 e. The van der Waals surface area contributed by atoms with E-state index in [0.29, 0.717) is 11.5 Å². The Labute approximate surface area is 94.1 Å². The molecule has 0 bridgehead atoms. The molecule has 0 fully saturated rings. The molecular weight excluding hydrogens is 208 g/mol. The first-order valence-corrected chi connectivity index (χ1v) is 4.77. The second kappa shape index (κ2) is 5.80. The number of carboxylic acids is 1. The molecule has 0 atom stereocenters. The second-order valence-electron chi connectivity index (χ2n) is 3.11. The molecule has 1 rings (SSSR count). The van der Waals surface area contributed by atoms with Gasteiger partial charge >= 0.3 is 5.97 Å². The van der Waals surface area contributed by atoms with Gasteiger partial charge in [-0.15, -0.1) is 0 Å². The molecule has 0 saturated carbocycles. The van der Waals surface area contributed by atoms with Crippen LogP contribution in [-0.4, -0.2) is 25.3 Å². The lowest BCUT2D eigenvalue weighted by Crippen LogP contribution is -1.91. The van der Waals surface area contributed by atoms with E-state index in [1.165, 1.54) is 0 Å². The Bertz CT molecular complexity index is 396. The summed E-state index contributed by atoms with van der Waals surface area (Å²) in [7, 11) is 3.13. The van der Waals surface area contributed by atoms with Crippen molar-refractivity contribution in [3.8, 4) is 11.5 Å². The van der Waals surface area contributed by atoms with Gasteiger partial charge in [0.05, 0.1) is 20.6 Å². The molecule has 0 radical (unpaired) electrons. The predicted octanol–water partition coefficient (Wildman–Crippen LogP) is 2.19. The van der Waals surface area contributed by atoms with Gasteiger partial charge in [0.25, 0.3) is 0 Å². The fourth-order valence-corrected chi connectivity index (χ4v) is 1.25. The molecule has 0 aliphatic rings. The van der Waals surface area contributed by atoms with Crippen molar-refractivity contribution in [2.75, 3.05) is 14.2 Å². The van der Waals surface area contributed by atoms with Crippen molar-refractivity contribution in [3.63, 3.8) is 0 Å². The van der Waals surface area contributed by atoms with Gasteiger partial charge in [-0.05, 0) is 17.7 Å². The number of carbonyl (C=O) groups is 1. The highest BCUT2D eigenvalue weighted by molar-refractivity contribution is 5.70. The fraction of sp³-hybridized carbons (Fsp3) is 0.250. The zero-order chi connectivity index (χ0) is 12.0.